The number of aromatic nitrogens is 2. The molecule has 5 heteroatoms. The molecule has 0 radical (unpaired) electrons. The quantitative estimate of drug-likeness (QED) is 0.792. The van der Waals surface area contributed by atoms with Crippen molar-refractivity contribution < 1.29 is 4.52 Å². The summed E-state index contributed by atoms with van der Waals surface area (Å²) in [5.74, 6) is 0.821. The van der Waals surface area contributed by atoms with Crippen molar-refractivity contribution in [1.82, 2.24) is 15.5 Å². The maximum absolute atomic E-state index is 8.89. The van der Waals surface area contributed by atoms with Crippen LogP contribution in [0.5, 0.6) is 0 Å². The van der Waals surface area contributed by atoms with Gasteiger partial charge in [-0.2, -0.15) is 10.2 Å². The summed E-state index contributed by atoms with van der Waals surface area (Å²) in [7, 11) is 0. The predicted octanol–water partition coefficient (Wildman–Crippen LogP) is 0.894. The van der Waals surface area contributed by atoms with Crippen molar-refractivity contribution in [3.63, 3.8) is 0 Å². The first-order chi connectivity index (χ1) is 7.40. The molecule has 1 fully saturated rings. The van der Waals surface area contributed by atoms with Gasteiger partial charge in [-0.05, 0) is 12.8 Å². The van der Waals surface area contributed by atoms with Crippen molar-refractivity contribution in [3.05, 3.63) is 12.2 Å². The minimum Gasteiger partial charge on any atom is -0.340 e. The van der Waals surface area contributed by atoms with Gasteiger partial charge < -0.3 is 9.84 Å². The van der Waals surface area contributed by atoms with Crippen LogP contribution >= 0.6 is 0 Å². The molecular formula is C10H14N4O. The van der Waals surface area contributed by atoms with E-state index < -0.39 is 0 Å². The summed E-state index contributed by atoms with van der Waals surface area (Å²) in [5.41, 5.74) is 0. The molecule has 2 atom stereocenters. The third-order valence-electron chi connectivity index (χ3n) is 2.83. The van der Waals surface area contributed by atoms with E-state index in [4.69, 9.17) is 9.78 Å². The Morgan fingerprint density at radius 2 is 2.53 bits per heavy atom. The maximum atomic E-state index is 8.89. The van der Waals surface area contributed by atoms with E-state index in [9.17, 15) is 0 Å². The second-order valence-electron chi connectivity index (χ2n) is 3.81. The van der Waals surface area contributed by atoms with Crippen LogP contribution in [0, 0.1) is 17.2 Å². The molecular weight excluding hydrogens is 192 g/mol. The fourth-order valence-electron chi connectivity index (χ4n) is 2.03. The lowest BCUT2D eigenvalue weighted by Crippen LogP contribution is -2.33. The molecule has 5 nitrogen and oxygen atoms in total. The standard InChI is InChI=1S/C10H14N4O/c11-6-8-2-1-3-9(8)12-5-4-10-13-7-14-15-10/h7-9,12H,1-5H2. The van der Waals surface area contributed by atoms with E-state index in [0.29, 0.717) is 11.9 Å². The first-order valence-electron chi connectivity index (χ1n) is 5.28. The highest BCUT2D eigenvalue weighted by Crippen LogP contribution is 2.24. The molecule has 2 unspecified atom stereocenters. The van der Waals surface area contributed by atoms with E-state index in [0.717, 1.165) is 32.2 Å². The van der Waals surface area contributed by atoms with Gasteiger partial charge >= 0.3 is 0 Å². The molecule has 1 heterocycles. The summed E-state index contributed by atoms with van der Waals surface area (Å²) in [6.45, 7) is 0.797. The van der Waals surface area contributed by atoms with Gasteiger partial charge in [0.25, 0.3) is 0 Å². The Morgan fingerprint density at radius 3 is 3.27 bits per heavy atom. The van der Waals surface area contributed by atoms with E-state index in [-0.39, 0.29) is 5.92 Å². The molecule has 1 saturated carbocycles. The average molecular weight is 206 g/mol. The van der Waals surface area contributed by atoms with Crippen LogP contribution < -0.4 is 5.32 Å². The van der Waals surface area contributed by atoms with Gasteiger partial charge in [0.2, 0.25) is 5.89 Å². The summed E-state index contributed by atoms with van der Waals surface area (Å²) in [4.78, 5) is 3.94. The number of nitrogens with one attached hydrogen (secondary N) is 1. The maximum Gasteiger partial charge on any atom is 0.227 e. The van der Waals surface area contributed by atoms with E-state index in [1.165, 1.54) is 6.33 Å². The zero-order chi connectivity index (χ0) is 10.5. The van der Waals surface area contributed by atoms with Gasteiger partial charge in [0.15, 0.2) is 6.33 Å². The molecule has 0 spiro atoms. The summed E-state index contributed by atoms with van der Waals surface area (Å²) in [5, 5.41) is 15.8. The van der Waals surface area contributed by atoms with Crippen molar-refractivity contribution in [2.75, 3.05) is 6.54 Å². The number of hydrogen-bond acceptors (Lipinski definition) is 5. The van der Waals surface area contributed by atoms with Crippen LogP contribution in [0.1, 0.15) is 25.2 Å². The van der Waals surface area contributed by atoms with Gasteiger partial charge in [0, 0.05) is 19.0 Å². The normalized spacial score (nSPS) is 25.3. The van der Waals surface area contributed by atoms with Gasteiger partial charge in [-0.25, -0.2) is 0 Å². The second-order valence-corrected chi connectivity index (χ2v) is 3.81. The average Bonchev–Trinajstić information content (AvgIpc) is 2.88. The molecule has 15 heavy (non-hydrogen) atoms. The van der Waals surface area contributed by atoms with Crippen LogP contribution in [-0.4, -0.2) is 22.7 Å². The molecule has 0 aliphatic heterocycles. The Labute approximate surface area is 88.5 Å². The lowest BCUT2D eigenvalue weighted by Gasteiger charge is -2.14. The molecule has 0 bridgehead atoms. The first-order valence-corrected chi connectivity index (χ1v) is 5.28. The molecule has 0 amide bonds. The third-order valence-corrected chi connectivity index (χ3v) is 2.83. The van der Waals surface area contributed by atoms with Crippen molar-refractivity contribution in [3.8, 4) is 6.07 Å². The second kappa shape index (κ2) is 4.89. The fourth-order valence-corrected chi connectivity index (χ4v) is 2.03. The Kier molecular flexibility index (Phi) is 3.30. The Hall–Kier alpha value is -1.41. The van der Waals surface area contributed by atoms with Gasteiger partial charge in [-0.3, -0.25) is 0 Å². The molecule has 0 aromatic carbocycles. The Bertz CT molecular complexity index is 330. The zero-order valence-corrected chi connectivity index (χ0v) is 8.52. The molecule has 0 saturated heterocycles. The Morgan fingerprint density at radius 1 is 1.60 bits per heavy atom. The van der Waals surface area contributed by atoms with Gasteiger partial charge in [0.1, 0.15) is 0 Å². The highest BCUT2D eigenvalue weighted by molar-refractivity contribution is 4.96. The van der Waals surface area contributed by atoms with Crippen LogP contribution in [0.2, 0.25) is 0 Å². The van der Waals surface area contributed by atoms with Crippen molar-refractivity contribution >= 4 is 0 Å². The Balaban J connectivity index is 1.72. The highest BCUT2D eigenvalue weighted by atomic mass is 16.5. The molecule has 1 aromatic rings. The number of nitrogens with zero attached hydrogens (tertiary/aromatic N) is 3. The lowest BCUT2D eigenvalue weighted by atomic mass is 10.1. The molecule has 1 aliphatic carbocycles. The monoisotopic (exact) mass is 206 g/mol. The van der Waals surface area contributed by atoms with Gasteiger partial charge in [-0.1, -0.05) is 11.6 Å². The molecule has 80 valence electrons. The van der Waals surface area contributed by atoms with E-state index in [2.05, 4.69) is 21.5 Å². The number of nitriles is 1. The smallest absolute Gasteiger partial charge is 0.227 e. The molecule has 1 N–H and O–H groups in total. The summed E-state index contributed by atoms with van der Waals surface area (Å²) in [6.07, 6.45) is 5.41. The van der Waals surface area contributed by atoms with E-state index in [1.807, 2.05) is 0 Å². The first kappa shape index (κ1) is 10.1. The van der Waals surface area contributed by atoms with Crippen molar-refractivity contribution in [2.24, 2.45) is 5.92 Å². The summed E-state index contributed by atoms with van der Waals surface area (Å²) >= 11 is 0. The SMILES string of the molecule is N#CC1CCCC1NCCc1ncno1. The largest absolute Gasteiger partial charge is 0.340 e. The molecule has 1 aromatic heterocycles. The van der Waals surface area contributed by atoms with Crippen molar-refractivity contribution in [2.45, 2.75) is 31.7 Å². The topological polar surface area (TPSA) is 74.7 Å². The minimum absolute atomic E-state index is 0.174. The van der Waals surface area contributed by atoms with E-state index >= 15 is 0 Å². The highest BCUT2D eigenvalue weighted by Gasteiger charge is 2.26. The molecule has 1 aliphatic rings. The summed E-state index contributed by atoms with van der Waals surface area (Å²) in [6, 6.07) is 2.69. The number of hydrogen-bond donors (Lipinski definition) is 1. The summed E-state index contributed by atoms with van der Waals surface area (Å²) < 4.78 is 4.89. The van der Waals surface area contributed by atoms with Crippen LogP contribution in [0.15, 0.2) is 10.9 Å². The van der Waals surface area contributed by atoms with Gasteiger partial charge in [0.05, 0.1) is 12.0 Å². The minimum atomic E-state index is 0.174. The van der Waals surface area contributed by atoms with E-state index in [1.54, 1.807) is 0 Å². The lowest BCUT2D eigenvalue weighted by molar-refractivity contribution is 0.368. The fraction of sp³-hybridized carbons (Fsp3) is 0.700. The number of rotatable bonds is 4. The van der Waals surface area contributed by atoms with Crippen LogP contribution in [-0.2, 0) is 6.42 Å². The van der Waals surface area contributed by atoms with Crippen LogP contribution in [0.25, 0.3) is 0 Å². The van der Waals surface area contributed by atoms with Crippen molar-refractivity contribution in [1.29, 1.82) is 5.26 Å². The zero-order valence-electron chi connectivity index (χ0n) is 8.52. The third kappa shape index (κ3) is 2.54. The predicted molar refractivity (Wildman–Crippen MR) is 52.7 cm³/mol. The van der Waals surface area contributed by atoms with Crippen LogP contribution in [0.4, 0.5) is 0 Å². The van der Waals surface area contributed by atoms with Crippen LogP contribution in [0.3, 0.4) is 0 Å². The molecule has 2 rings (SSSR count). The van der Waals surface area contributed by atoms with Gasteiger partial charge in [-0.15, -0.1) is 0 Å².